The van der Waals surface area contributed by atoms with Crippen LogP contribution in [0.4, 0.5) is 0 Å². The number of esters is 2. The van der Waals surface area contributed by atoms with E-state index < -0.39 is 52.6 Å². The number of ketones is 1. The first-order valence-corrected chi connectivity index (χ1v) is 11.8. The zero-order valence-corrected chi connectivity index (χ0v) is 19.7. The standard InChI is InChI=1S/C25H36O7/c1-13(26)18-9-11-25(30)19-7-6-16-12-17(29)8-10-23(16,4)20(19)21(31-14(2)27)22(24(18,25)5)32-15(3)28/h6,17-22,29-30H,7-12H2,1-5H3. The topological polar surface area (TPSA) is 110 Å². The van der Waals surface area contributed by atoms with Crippen LogP contribution < -0.4 is 0 Å². The largest absolute Gasteiger partial charge is 0.458 e. The van der Waals surface area contributed by atoms with E-state index >= 15 is 0 Å². The summed E-state index contributed by atoms with van der Waals surface area (Å²) in [6.45, 7) is 8.11. The van der Waals surface area contributed by atoms with Crippen molar-refractivity contribution in [2.45, 2.75) is 97.1 Å². The van der Waals surface area contributed by atoms with Crippen LogP contribution in [0.1, 0.15) is 73.1 Å². The second-order valence-electron chi connectivity index (χ2n) is 10.9. The molecule has 4 rings (SSSR count). The summed E-state index contributed by atoms with van der Waals surface area (Å²) in [5.41, 5.74) is -1.61. The van der Waals surface area contributed by atoms with Gasteiger partial charge in [0, 0.05) is 31.1 Å². The molecule has 3 saturated carbocycles. The van der Waals surface area contributed by atoms with Crippen LogP contribution in [0.2, 0.25) is 0 Å². The van der Waals surface area contributed by atoms with Gasteiger partial charge in [0.05, 0.1) is 11.7 Å². The smallest absolute Gasteiger partial charge is 0.303 e. The Hall–Kier alpha value is -1.73. The van der Waals surface area contributed by atoms with Gasteiger partial charge in [-0.05, 0) is 56.8 Å². The number of ether oxygens (including phenoxy) is 2. The first kappa shape index (κ1) is 23.4. The molecule has 9 unspecified atom stereocenters. The van der Waals surface area contributed by atoms with Gasteiger partial charge >= 0.3 is 11.9 Å². The van der Waals surface area contributed by atoms with E-state index in [2.05, 4.69) is 13.0 Å². The van der Waals surface area contributed by atoms with Crippen molar-refractivity contribution in [3.63, 3.8) is 0 Å². The lowest BCUT2D eigenvalue weighted by Crippen LogP contribution is -2.72. The number of fused-ring (bicyclic) bond motifs is 5. The number of hydrogen-bond donors (Lipinski definition) is 2. The lowest BCUT2D eigenvalue weighted by molar-refractivity contribution is -0.273. The molecule has 0 spiro atoms. The second-order valence-corrected chi connectivity index (χ2v) is 10.9. The Kier molecular flexibility index (Phi) is 5.61. The molecule has 0 aliphatic heterocycles. The Bertz CT molecular complexity index is 864. The number of aliphatic hydroxyl groups is 2. The van der Waals surface area contributed by atoms with Crippen LogP contribution in [-0.2, 0) is 23.9 Å². The maximum Gasteiger partial charge on any atom is 0.303 e. The number of Topliss-reactive ketones (excluding diaryl/α,β-unsaturated/α-hetero) is 1. The Morgan fingerprint density at radius 3 is 2.28 bits per heavy atom. The summed E-state index contributed by atoms with van der Waals surface area (Å²) < 4.78 is 11.8. The van der Waals surface area contributed by atoms with Gasteiger partial charge in [0.1, 0.15) is 18.0 Å². The molecule has 7 nitrogen and oxygen atoms in total. The highest BCUT2D eigenvalue weighted by atomic mass is 16.6. The molecule has 32 heavy (non-hydrogen) atoms. The van der Waals surface area contributed by atoms with Crippen molar-refractivity contribution in [3.8, 4) is 0 Å². The van der Waals surface area contributed by atoms with Crippen LogP contribution in [0.15, 0.2) is 11.6 Å². The Morgan fingerprint density at radius 2 is 1.69 bits per heavy atom. The van der Waals surface area contributed by atoms with Gasteiger partial charge in [0.2, 0.25) is 0 Å². The molecule has 178 valence electrons. The Balaban J connectivity index is 1.93. The highest BCUT2D eigenvalue weighted by molar-refractivity contribution is 5.80. The maximum atomic E-state index is 12.7. The van der Waals surface area contributed by atoms with Gasteiger partial charge in [0.15, 0.2) is 0 Å². The van der Waals surface area contributed by atoms with Gasteiger partial charge in [-0.25, -0.2) is 0 Å². The monoisotopic (exact) mass is 448 g/mol. The molecule has 9 atom stereocenters. The van der Waals surface area contributed by atoms with E-state index in [9.17, 15) is 24.6 Å². The van der Waals surface area contributed by atoms with Gasteiger partial charge in [0.25, 0.3) is 0 Å². The minimum absolute atomic E-state index is 0.0559. The molecule has 3 fully saturated rings. The summed E-state index contributed by atoms with van der Waals surface area (Å²) in [7, 11) is 0. The van der Waals surface area contributed by atoms with Gasteiger partial charge in [-0.15, -0.1) is 0 Å². The molecular weight excluding hydrogens is 412 g/mol. The van der Waals surface area contributed by atoms with Crippen molar-refractivity contribution >= 4 is 17.7 Å². The minimum atomic E-state index is -1.24. The van der Waals surface area contributed by atoms with Crippen LogP contribution in [0, 0.1) is 28.6 Å². The summed E-state index contributed by atoms with van der Waals surface area (Å²) in [5.74, 6) is -2.10. The molecular formula is C25H36O7. The van der Waals surface area contributed by atoms with Crippen LogP contribution in [0.25, 0.3) is 0 Å². The summed E-state index contributed by atoms with van der Waals surface area (Å²) in [5, 5.41) is 22.6. The molecule has 0 aromatic heterocycles. The number of aliphatic hydroxyl groups excluding tert-OH is 1. The van der Waals surface area contributed by atoms with Gasteiger partial charge in [-0.1, -0.05) is 25.5 Å². The molecule has 0 saturated heterocycles. The van der Waals surface area contributed by atoms with Crippen LogP contribution >= 0.6 is 0 Å². The number of rotatable bonds is 3. The molecule has 4 aliphatic carbocycles. The van der Waals surface area contributed by atoms with Crippen molar-refractivity contribution in [1.29, 1.82) is 0 Å². The number of hydrogen-bond acceptors (Lipinski definition) is 7. The quantitative estimate of drug-likeness (QED) is 0.504. The van der Waals surface area contributed by atoms with Crippen LogP contribution in [0.5, 0.6) is 0 Å². The van der Waals surface area contributed by atoms with Crippen molar-refractivity contribution < 1.29 is 34.1 Å². The normalized spacial score (nSPS) is 47.4. The summed E-state index contributed by atoms with van der Waals surface area (Å²) in [6, 6.07) is 0. The van der Waals surface area contributed by atoms with E-state index in [0.29, 0.717) is 38.5 Å². The molecule has 7 heteroatoms. The van der Waals surface area contributed by atoms with E-state index in [1.54, 1.807) is 0 Å². The first-order valence-electron chi connectivity index (χ1n) is 11.8. The molecule has 0 heterocycles. The van der Waals surface area contributed by atoms with E-state index in [1.807, 2.05) is 6.92 Å². The average molecular weight is 449 g/mol. The molecule has 0 aromatic carbocycles. The summed E-state index contributed by atoms with van der Waals surface area (Å²) in [4.78, 5) is 37.2. The first-order chi connectivity index (χ1) is 14.9. The molecule has 0 amide bonds. The predicted molar refractivity (Wildman–Crippen MR) is 115 cm³/mol. The minimum Gasteiger partial charge on any atom is -0.458 e. The van der Waals surface area contributed by atoms with Gasteiger partial charge in [-0.2, -0.15) is 0 Å². The molecule has 0 aromatic rings. The highest BCUT2D eigenvalue weighted by Gasteiger charge is 2.75. The van der Waals surface area contributed by atoms with E-state index in [0.717, 1.165) is 5.57 Å². The molecule has 4 aliphatic rings. The molecule has 0 bridgehead atoms. The SMILES string of the molecule is CC(=O)OC1C2C(CC=C3CC(O)CCC32C)C2(O)CCC(C(C)=O)C2(C)C1OC(C)=O. The summed E-state index contributed by atoms with van der Waals surface area (Å²) >= 11 is 0. The molecule has 0 radical (unpaired) electrons. The summed E-state index contributed by atoms with van der Waals surface area (Å²) in [6.07, 6.45) is 3.38. The third-order valence-corrected chi connectivity index (χ3v) is 9.39. The van der Waals surface area contributed by atoms with Gasteiger partial charge in [-0.3, -0.25) is 14.4 Å². The fourth-order valence-electron chi connectivity index (χ4n) is 7.97. The third-order valence-electron chi connectivity index (χ3n) is 9.39. The zero-order valence-electron chi connectivity index (χ0n) is 19.7. The fourth-order valence-corrected chi connectivity index (χ4v) is 7.97. The third kappa shape index (κ3) is 3.11. The van der Waals surface area contributed by atoms with Crippen LogP contribution in [0.3, 0.4) is 0 Å². The fraction of sp³-hybridized carbons (Fsp3) is 0.800. The van der Waals surface area contributed by atoms with E-state index in [1.165, 1.54) is 20.8 Å². The lowest BCUT2D eigenvalue weighted by Gasteiger charge is -2.64. The molecule has 2 N–H and O–H groups in total. The number of carbonyl (C=O) groups is 3. The highest BCUT2D eigenvalue weighted by Crippen LogP contribution is 2.69. The van der Waals surface area contributed by atoms with Crippen molar-refractivity contribution in [3.05, 3.63) is 11.6 Å². The van der Waals surface area contributed by atoms with E-state index in [-0.39, 0.29) is 17.6 Å². The van der Waals surface area contributed by atoms with Crippen molar-refractivity contribution in [2.75, 3.05) is 0 Å². The van der Waals surface area contributed by atoms with Crippen molar-refractivity contribution in [2.24, 2.45) is 28.6 Å². The Morgan fingerprint density at radius 1 is 1.03 bits per heavy atom. The zero-order chi connectivity index (χ0) is 23.6. The van der Waals surface area contributed by atoms with E-state index in [4.69, 9.17) is 9.47 Å². The van der Waals surface area contributed by atoms with Crippen LogP contribution in [-0.4, -0.2) is 51.8 Å². The number of allylic oxidation sites excluding steroid dienone is 1. The second kappa shape index (κ2) is 7.66. The number of carbonyl (C=O) groups excluding carboxylic acids is 3. The predicted octanol–water partition coefficient (Wildman–Crippen LogP) is 2.71. The van der Waals surface area contributed by atoms with Gasteiger partial charge < -0.3 is 19.7 Å². The average Bonchev–Trinajstić information content (AvgIpc) is 2.97. The Labute approximate surface area is 189 Å². The maximum absolute atomic E-state index is 12.7. The van der Waals surface area contributed by atoms with Crippen molar-refractivity contribution in [1.82, 2.24) is 0 Å². The lowest BCUT2D eigenvalue weighted by atomic mass is 9.44.